The standard InChI is InChI=1S/C19H30N2O2.2ClH/c1-23-19(16-20)11-14-21(15-12-19)13-7-3-6-10-18(22)17-8-4-2-5-9-17;;/h2,4-5,8-9H,3,6-7,10-16,20H2,1H3;2*1H. The fourth-order valence-electron chi connectivity index (χ4n) is 3.24. The molecule has 25 heavy (non-hydrogen) atoms. The van der Waals surface area contributed by atoms with Crippen LogP contribution in [0.4, 0.5) is 0 Å². The number of halogens is 2. The lowest BCUT2D eigenvalue weighted by Crippen LogP contribution is -2.50. The highest BCUT2D eigenvalue weighted by Gasteiger charge is 2.32. The van der Waals surface area contributed by atoms with E-state index in [2.05, 4.69) is 4.90 Å². The molecule has 0 aliphatic carbocycles. The molecule has 0 spiro atoms. The van der Waals surface area contributed by atoms with Crippen LogP contribution in [0.3, 0.4) is 0 Å². The van der Waals surface area contributed by atoms with Gasteiger partial charge in [0, 0.05) is 38.7 Å². The van der Waals surface area contributed by atoms with Crippen LogP contribution in [-0.2, 0) is 4.74 Å². The number of hydrogen-bond acceptors (Lipinski definition) is 4. The molecule has 4 nitrogen and oxygen atoms in total. The summed E-state index contributed by atoms with van der Waals surface area (Å²) in [5.74, 6) is 0.261. The Morgan fingerprint density at radius 3 is 2.32 bits per heavy atom. The van der Waals surface area contributed by atoms with Gasteiger partial charge in [0.25, 0.3) is 0 Å². The van der Waals surface area contributed by atoms with Gasteiger partial charge < -0.3 is 15.4 Å². The summed E-state index contributed by atoms with van der Waals surface area (Å²) in [7, 11) is 1.77. The van der Waals surface area contributed by atoms with E-state index in [-0.39, 0.29) is 36.2 Å². The number of piperidine rings is 1. The maximum absolute atomic E-state index is 12.0. The van der Waals surface area contributed by atoms with Gasteiger partial charge in [0.15, 0.2) is 5.78 Å². The van der Waals surface area contributed by atoms with Crippen molar-refractivity contribution in [3.63, 3.8) is 0 Å². The number of nitrogens with two attached hydrogens (primary N) is 1. The third kappa shape index (κ3) is 7.63. The van der Waals surface area contributed by atoms with Crippen molar-refractivity contribution >= 4 is 30.6 Å². The number of benzene rings is 1. The minimum absolute atomic E-state index is 0. The highest BCUT2D eigenvalue weighted by molar-refractivity contribution is 5.95. The zero-order valence-electron chi connectivity index (χ0n) is 15.1. The molecule has 0 unspecified atom stereocenters. The number of hydrogen-bond donors (Lipinski definition) is 1. The molecule has 1 aliphatic heterocycles. The molecule has 0 atom stereocenters. The normalized spacial score (nSPS) is 16.6. The molecule has 0 amide bonds. The minimum atomic E-state index is -0.0986. The Labute approximate surface area is 164 Å². The summed E-state index contributed by atoms with van der Waals surface area (Å²) >= 11 is 0. The molecule has 144 valence electrons. The summed E-state index contributed by atoms with van der Waals surface area (Å²) < 4.78 is 5.60. The SMILES string of the molecule is COC1(CN)CCN(CCCCCC(=O)c2ccccc2)CC1.Cl.Cl. The maximum Gasteiger partial charge on any atom is 0.162 e. The van der Waals surface area contributed by atoms with Crippen LogP contribution in [0.1, 0.15) is 48.9 Å². The third-order valence-corrected chi connectivity index (χ3v) is 5.05. The van der Waals surface area contributed by atoms with Crippen LogP contribution in [-0.4, -0.2) is 49.6 Å². The zero-order chi connectivity index (χ0) is 16.5. The van der Waals surface area contributed by atoms with Crippen molar-refractivity contribution in [1.29, 1.82) is 0 Å². The number of nitrogens with zero attached hydrogens (tertiary/aromatic N) is 1. The summed E-state index contributed by atoms with van der Waals surface area (Å²) in [6.45, 7) is 3.85. The zero-order valence-corrected chi connectivity index (χ0v) is 16.7. The van der Waals surface area contributed by atoms with E-state index in [0.717, 1.165) is 57.3 Å². The van der Waals surface area contributed by atoms with Gasteiger partial charge in [-0.2, -0.15) is 0 Å². The minimum Gasteiger partial charge on any atom is -0.377 e. The molecule has 1 aromatic carbocycles. The van der Waals surface area contributed by atoms with Gasteiger partial charge in [-0.3, -0.25) is 4.79 Å². The summed E-state index contributed by atoms with van der Waals surface area (Å²) in [5, 5.41) is 0. The van der Waals surface area contributed by atoms with E-state index in [1.165, 1.54) is 0 Å². The lowest BCUT2D eigenvalue weighted by Gasteiger charge is -2.40. The Balaban J connectivity index is 0.00000288. The summed E-state index contributed by atoms with van der Waals surface area (Å²) in [6, 6.07) is 9.58. The van der Waals surface area contributed by atoms with Gasteiger partial charge in [0.1, 0.15) is 0 Å². The van der Waals surface area contributed by atoms with E-state index in [4.69, 9.17) is 10.5 Å². The first kappa shape index (κ1) is 24.4. The lowest BCUT2D eigenvalue weighted by molar-refractivity contribution is -0.0498. The smallest absolute Gasteiger partial charge is 0.162 e. The van der Waals surface area contributed by atoms with Crippen LogP contribution in [0.5, 0.6) is 0 Å². The van der Waals surface area contributed by atoms with E-state index >= 15 is 0 Å². The number of carbonyl (C=O) groups excluding carboxylic acids is 1. The summed E-state index contributed by atoms with van der Waals surface area (Å²) in [6.07, 6.45) is 5.95. The van der Waals surface area contributed by atoms with Gasteiger partial charge in [-0.15, -0.1) is 24.8 Å². The van der Waals surface area contributed by atoms with Crippen molar-refractivity contribution in [3.8, 4) is 0 Å². The third-order valence-electron chi connectivity index (χ3n) is 5.05. The molecule has 2 N–H and O–H groups in total. The highest BCUT2D eigenvalue weighted by atomic mass is 35.5. The van der Waals surface area contributed by atoms with Crippen LogP contribution in [0, 0.1) is 0 Å². The molecule has 1 saturated heterocycles. The summed E-state index contributed by atoms with van der Waals surface area (Å²) in [4.78, 5) is 14.5. The van der Waals surface area contributed by atoms with Crippen LogP contribution in [0.25, 0.3) is 0 Å². The molecule has 1 aromatic rings. The van der Waals surface area contributed by atoms with E-state index in [9.17, 15) is 4.79 Å². The number of ether oxygens (including phenoxy) is 1. The molecule has 6 heteroatoms. The first-order valence-corrected chi connectivity index (χ1v) is 8.75. The molecular formula is C19H32Cl2N2O2. The van der Waals surface area contributed by atoms with E-state index in [1.807, 2.05) is 30.3 Å². The van der Waals surface area contributed by atoms with Crippen molar-refractivity contribution in [2.24, 2.45) is 5.73 Å². The predicted octanol–water partition coefficient (Wildman–Crippen LogP) is 3.71. The van der Waals surface area contributed by atoms with Crippen LogP contribution >= 0.6 is 24.8 Å². The Hall–Kier alpha value is -0.650. The van der Waals surface area contributed by atoms with Crippen molar-refractivity contribution in [1.82, 2.24) is 4.90 Å². The Morgan fingerprint density at radius 1 is 1.12 bits per heavy atom. The first-order chi connectivity index (χ1) is 11.2. The second kappa shape index (κ2) is 12.7. The fraction of sp³-hybridized carbons (Fsp3) is 0.632. The number of likely N-dealkylation sites (tertiary alicyclic amines) is 1. The lowest BCUT2D eigenvalue weighted by atomic mass is 9.91. The second-order valence-electron chi connectivity index (χ2n) is 6.53. The summed E-state index contributed by atoms with van der Waals surface area (Å²) in [5.41, 5.74) is 6.57. The first-order valence-electron chi connectivity index (χ1n) is 8.75. The Morgan fingerprint density at radius 2 is 1.76 bits per heavy atom. The van der Waals surface area contributed by atoms with Gasteiger partial charge in [-0.05, 0) is 32.2 Å². The average Bonchev–Trinajstić information content (AvgIpc) is 2.62. The number of methoxy groups -OCH3 is 1. The van der Waals surface area contributed by atoms with Gasteiger partial charge in [-0.1, -0.05) is 36.8 Å². The molecule has 1 fully saturated rings. The van der Waals surface area contributed by atoms with Gasteiger partial charge in [-0.25, -0.2) is 0 Å². The second-order valence-corrected chi connectivity index (χ2v) is 6.53. The molecule has 0 radical (unpaired) electrons. The fourth-order valence-corrected chi connectivity index (χ4v) is 3.24. The van der Waals surface area contributed by atoms with Crippen molar-refractivity contribution < 1.29 is 9.53 Å². The van der Waals surface area contributed by atoms with Gasteiger partial charge in [0.05, 0.1) is 5.60 Å². The monoisotopic (exact) mass is 390 g/mol. The van der Waals surface area contributed by atoms with Crippen LogP contribution in [0.2, 0.25) is 0 Å². The van der Waals surface area contributed by atoms with Crippen molar-refractivity contribution in [2.45, 2.75) is 44.1 Å². The topological polar surface area (TPSA) is 55.6 Å². The Kier molecular flexibility index (Phi) is 12.3. The molecule has 0 saturated carbocycles. The molecule has 1 aliphatic rings. The average molecular weight is 391 g/mol. The molecule has 0 bridgehead atoms. The van der Waals surface area contributed by atoms with Crippen LogP contribution < -0.4 is 5.73 Å². The predicted molar refractivity (Wildman–Crippen MR) is 108 cm³/mol. The number of Topliss-reactive ketones (excluding diaryl/α,β-unsaturated/α-hetero) is 1. The van der Waals surface area contributed by atoms with Gasteiger partial charge >= 0.3 is 0 Å². The van der Waals surface area contributed by atoms with E-state index in [0.29, 0.717) is 13.0 Å². The number of rotatable bonds is 9. The highest BCUT2D eigenvalue weighted by Crippen LogP contribution is 2.24. The quantitative estimate of drug-likeness (QED) is 0.515. The van der Waals surface area contributed by atoms with E-state index in [1.54, 1.807) is 7.11 Å². The number of carbonyl (C=O) groups is 1. The molecular weight excluding hydrogens is 359 g/mol. The van der Waals surface area contributed by atoms with Crippen LogP contribution in [0.15, 0.2) is 30.3 Å². The largest absolute Gasteiger partial charge is 0.377 e. The molecule has 1 heterocycles. The maximum atomic E-state index is 12.0. The number of ketones is 1. The van der Waals surface area contributed by atoms with E-state index < -0.39 is 0 Å². The molecule has 0 aromatic heterocycles. The number of unbranched alkanes of at least 4 members (excludes halogenated alkanes) is 2. The van der Waals surface area contributed by atoms with Gasteiger partial charge in [0.2, 0.25) is 0 Å². The van der Waals surface area contributed by atoms with Crippen molar-refractivity contribution in [2.75, 3.05) is 33.3 Å². The Bertz CT molecular complexity index is 472. The molecule has 2 rings (SSSR count). The van der Waals surface area contributed by atoms with Crippen molar-refractivity contribution in [3.05, 3.63) is 35.9 Å².